The molecule has 0 aliphatic heterocycles. The molecule has 2 N–H and O–H groups in total. The molecule has 2 aromatic rings. The SMILES string of the molecule is CC(c1cccc(S(N)(=O)=O)c1)N(C)C(=O)CSc1ccc2c(c1)CCC2. The second kappa shape index (κ2) is 8.04. The Kier molecular flexibility index (Phi) is 5.93. The van der Waals surface area contributed by atoms with Crippen molar-refractivity contribution in [3.8, 4) is 0 Å². The smallest absolute Gasteiger partial charge is 0.238 e. The molecule has 1 amide bonds. The molecule has 1 unspecified atom stereocenters. The first kappa shape index (κ1) is 19.9. The molecule has 0 radical (unpaired) electrons. The van der Waals surface area contributed by atoms with Gasteiger partial charge in [0.1, 0.15) is 0 Å². The Morgan fingerprint density at radius 2 is 1.93 bits per heavy atom. The van der Waals surface area contributed by atoms with Crippen LogP contribution in [0.25, 0.3) is 0 Å². The van der Waals surface area contributed by atoms with Crippen molar-refractivity contribution in [2.75, 3.05) is 12.8 Å². The topological polar surface area (TPSA) is 80.5 Å². The predicted octanol–water partition coefficient (Wildman–Crippen LogP) is 3.13. The summed E-state index contributed by atoms with van der Waals surface area (Å²) in [5.41, 5.74) is 3.56. The van der Waals surface area contributed by atoms with Gasteiger partial charge in [-0.05, 0) is 67.1 Å². The van der Waals surface area contributed by atoms with Crippen LogP contribution in [-0.4, -0.2) is 32.0 Å². The number of carbonyl (C=O) groups is 1. The van der Waals surface area contributed by atoms with Gasteiger partial charge in [-0.25, -0.2) is 13.6 Å². The van der Waals surface area contributed by atoms with E-state index in [1.54, 1.807) is 24.1 Å². The highest BCUT2D eigenvalue weighted by atomic mass is 32.2. The van der Waals surface area contributed by atoms with Crippen molar-refractivity contribution >= 4 is 27.7 Å². The standard InChI is InChI=1S/C20H24N2O3S2/c1-14(16-6-4-8-19(12-16)27(21,24)25)22(2)20(23)13-26-18-10-9-15-5-3-7-17(15)11-18/h4,6,8-12,14H,3,5,7,13H2,1-2H3,(H2,21,24,25). The molecule has 0 saturated carbocycles. The van der Waals surface area contributed by atoms with E-state index in [9.17, 15) is 13.2 Å². The molecular weight excluding hydrogens is 380 g/mol. The molecule has 0 spiro atoms. The van der Waals surface area contributed by atoms with Crippen molar-refractivity contribution in [1.82, 2.24) is 4.90 Å². The van der Waals surface area contributed by atoms with Crippen LogP contribution in [0.1, 0.15) is 36.1 Å². The summed E-state index contributed by atoms with van der Waals surface area (Å²) in [5, 5.41) is 5.20. The van der Waals surface area contributed by atoms with Crippen molar-refractivity contribution < 1.29 is 13.2 Å². The van der Waals surface area contributed by atoms with E-state index in [4.69, 9.17) is 5.14 Å². The summed E-state index contributed by atoms with van der Waals surface area (Å²) in [6.07, 6.45) is 3.48. The Bertz CT molecular complexity index is 957. The maximum absolute atomic E-state index is 12.6. The van der Waals surface area contributed by atoms with Crippen LogP contribution in [0.3, 0.4) is 0 Å². The minimum absolute atomic E-state index is 0.00555. The fourth-order valence-electron chi connectivity index (χ4n) is 3.28. The molecule has 7 heteroatoms. The molecule has 27 heavy (non-hydrogen) atoms. The van der Waals surface area contributed by atoms with Crippen molar-refractivity contribution in [2.24, 2.45) is 5.14 Å². The third-order valence-electron chi connectivity index (χ3n) is 5.08. The van der Waals surface area contributed by atoms with E-state index < -0.39 is 10.0 Å². The average Bonchev–Trinajstić information content (AvgIpc) is 3.12. The van der Waals surface area contributed by atoms with Gasteiger partial charge in [0.05, 0.1) is 16.7 Å². The van der Waals surface area contributed by atoms with Crippen LogP contribution >= 0.6 is 11.8 Å². The molecule has 0 saturated heterocycles. The Hall–Kier alpha value is -1.83. The Labute approximate surface area is 165 Å². The zero-order chi connectivity index (χ0) is 19.6. The highest BCUT2D eigenvalue weighted by Crippen LogP contribution is 2.28. The first-order chi connectivity index (χ1) is 12.8. The normalized spacial score (nSPS) is 14.6. The number of amides is 1. The number of hydrogen-bond donors (Lipinski definition) is 1. The van der Waals surface area contributed by atoms with E-state index in [1.807, 2.05) is 6.92 Å². The molecule has 0 aromatic heterocycles. The highest BCUT2D eigenvalue weighted by Gasteiger charge is 2.19. The van der Waals surface area contributed by atoms with Crippen LogP contribution in [0.15, 0.2) is 52.3 Å². The minimum Gasteiger partial charge on any atom is -0.338 e. The van der Waals surface area contributed by atoms with Crippen LogP contribution in [0.5, 0.6) is 0 Å². The predicted molar refractivity (Wildman–Crippen MR) is 108 cm³/mol. The lowest BCUT2D eigenvalue weighted by molar-refractivity contribution is -0.128. The van der Waals surface area contributed by atoms with Crippen molar-refractivity contribution in [3.63, 3.8) is 0 Å². The number of benzene rings is 2. The van der Waals surface area contributed by atoms with E-state index in [2.05, 4.69) is 18.2 Å². The number of primary sulfonamides is 1. The number of thioether (sulfide) groups is 1. The van der Waals surface area contributed by atoms with Gasteiger partial charge in [-0.1, -0.05) is 18.2 Å². The highest BCUT2D eigenvalue weighted by molar-refractivity contribution is 8.00. The van der Waals surface area contributed by atoms with Gasteiger partial charge >= 0.3 is 0 Å². The number of sulfonamides is 1. The molecule has 3 rings (SSSR count). The van der Waals surface area contributed by atoms with Crippen LogP contribution in [0.4, 0.5) is 0 Å². The molecule has 0 heterocycles. The molecule has 0 bridgehead atoms. The van der Waals surface area contributed by atoms with E-state index in [0.29, 0.717) is 5.75 Å². The number of hydrogen-bond acceptors (Lipinski definition) is 4. The number of aryl methyl sites for hydroxylation is 2. The van der Waals surface area contributed by atoms with E-state index >= 15 is 0 Å². The molecule has 2 aromatic carbocycles. The van der Waals surface area contributed by atoms with Crippen molar-refractivity contribution in [2.45, 2.75) is 42.0 Å². The first-order valence-electron chi connectivity index (χ1n) is 8.89. The van der Waals surface area contributed by atoms with E-state index in [1.165, 1.54) is 41.4 Å². The van der Waals surface area contributed by atoms with E-state index in [-0.39, 0.29) is 16.8 Å². The van der Waals surface area contributed by atoms with Gasteiger partial charge in [-0.2, -0.15) is 0 Å². The van der Waals surface area contributed by atoms with Gasteiger partial charge in [0.2, 0.25) is 15.9 Å². The van der Waals surface area contributed by atoms with Gasteiger partial charge < -0.3 is 4.90 Å². The Morgan fingerprint density at radius 3 is 2.67 bits per heavy atom. The summed E-state index contributed by atoms with van der Waals surface area (Å²) in [6, 6.07) is 12.6. The molecule has 0 fully saturated rings. The fourth-order valence-corrected chi connectivity index (χ4v) is 4.73. The average molecular weight is 405 g/mol. The summed E-state index contributed by atoms with van der Waals surface area (Å²) in [7, 11) is -2.03. The molecule has 144 valence electrons. The van der Waals surface area contributed by atoms with Crippen LogP contribution in [0.2, 0.25) is 0 Å². The quantitative estimate of drug-likeness (QED) is 0.750. The molecular formula is C20H24N2O3S2. The van der Waals surface area contributed by atoms with Gasteiger partial charge in [0.15, 0.2) is 0 Å². The Balaban J connectivity index is 1.64. The Morgan fingerprint density at radius 1 is 1.19 bits per heavy atom. The summed E-state index contributed by atoms with van der Waals surface area (Å²) in [4.78, 5) is 15.4. The number of carbonyl (C=O) groups excluding carboxylic acids is 1. The number of nitrogens with zero attached hydrogens (tertiary/aromatic N) is 1. The summed E-state index contributed by atoms with van der Waals surface area (Å²) < 4.78 is 23.1. The number of fused-ring (bicyclic) bond motifs is 1. The van der Waals surface area contributed by atoms with Gasteiger partial charge in [-0.15, -0.1) is 11.8 Å². The summed E-state index contributed by atoms with van der Waals surface area (Å²) in [6.45, 7) is 1.88. The van der Waals surface area contributed by atoms with Crippen LogP contribution in [0, 0.1) is 0 Å². The van der Waals surface area contributed by atoms with Crippen molar-refractivity contribution in [1.29, 1.82) is 0 Å². The second-order valence-electron chi connectivity index (χ2n) is 6.87. The summed E-state index contributed by atoms with van der Waals surface area (Å²) in [5.74, 6) is 0.336. The fraction of sp³-hybridized carbons (Fsp3) is 0.350. The van der Waals surface area contributed by atoms with Gasteiger partial charge in [0, 0.05) is 11.9 Å². The minimum atomic E-state index is -3.76. The summed E-state index contributed by atoms with van der Waals surface area (Å²) >= 11 is 1.54. The first-order valence-corrected chi connectivity index (χ1v) is 11.4. The molecule has 5 nitrogen and oxygen atoms in total. The van der Waals surface area contributed by atoms with Crippen molar-refractivity contribution in [3.05, 3.63) is 59.2 Å². The van der Waals surface area contributed by atoms with Gasteiger partial charge in [-0.3, -0.25) is 4.79 Å². The third-order valence-corrected chi connectivity index (χ3v) is 6.97. The maximum atomic E-state index is 12.6. The van der Waals surface area contributed by atoms with Crippen LogP contribution < -0.4 is 5.14 Å². The molecule has 1 aliphatic rings. The second-order valence-corrected chi connectivity index (χ2v) is 9.48. The lowest BCUT2D eigenvalue weighted by Crippen LogP contribution is -2.31. The number of nitrogens with two attached hydrogens (primary N) is 1. The third kappa shape index (κ3) is 4.72. The van der Waals surface area contributed by atoms with Gasteiger partial charge in [0.25, 0.3) is 0 Å². The number of rotatable bonds is 6. The zero-order valence-corrected chi connectivity index (χ0v) is 17.1. The molecule has 1 atom stereocenters. The molecule has 1 aliphatic carbocycles. The van der Waals surface area contributed by atoms with E-state index in [0.717, 1.165) is 23.3 Å². The monoisotopic (exact) mass is 404 g/mol. The lowest BCUT2D eigenvalue weighted by atomic mass is 10.1. The zero-order valence-electron chi connectivity index (χ0n) is 15.5. The lowest BCUT2D eigenvalue weighted by Gasteiger charge is -2.25. The largest absolute Gasteiger partial charge is 0.338 e. The maximum Gasteiger partial charge on any atom is 0.238 e. The van der Waals surface area contributed by atoms with Crippen LogP contribution in [-0.2, 0) is 27.7 Å².